The Bertz CT molecular complexity index is 1660. The van der Waals surface area contributed by atoms with Crippen molar-refractivity contribution < 1.29 is 23.0 Å². The Hall–Kier alpha value is -3.96. The summed E-state index contributed by atoms with van der Waals surface area (Å²) in [5.41, 5.74) is 1.10. The summed E-state index contributed by atoms with van der Waals surface area (Å²) in [6, 6.07) is 12.5. The number of likely N-dealkylation sites (N-methyl/N-ethyl adjacent to an activating group) is 1. The van der Waals surface area contributed by atoms with E-state index in [9.17, 15) is 18.4 Å². The number of pyridine rings is 1. The number of hydrogen-bond acceptors (Lipinski definition) is 7. The average molecular weight is 579 g/mol. The van der Waals surface area contributed by atoms with Crippen molar-refractivity contribution in [3.8, 4) is 16.3 Å². The molecule has 0 radical (unpaired) electrons. The Morgan fingerprint density at radius 2 is 1.85 bits per heavy atom. The Morgan fingerprint density at radius 1 is 1.07 bits per heavy atom. The molecule has 0 saturated carbocycles. The van der Waals surface area contributed by atoms with Crippen molar-refractivity contribution in [2.75, 3.05) is 19.8 Å². The predicted octanol–water partition coefficient (Wildman–Crippen LogP) is 5.18. The van der Waals surface area contributed by atoms with Crippen LogP contribution >= 0.6 is 11.3 Å². The van der Waals surface area contributed by atoms with E-state index in [4.69, 9.17) is 9.47 Å². The Balaban J connectivity index is 1.46. The van der Waals surface area contributed by atoms with Crippen LogP contribution in [0.15, 0.2) is 59.5 Å². The van der Waals surface area contributed by atoms with E-state index in [1.54, 1.807) is 15.7 Å². The van der Waals surface area contributed by atoms with Gasteiger partial charge in [-0.05, 0) is 30.5 Å². The summed E-state index contributed by atoms with van der Waals surface area (Å²) in [7, 11) is 0. The summed E-state index contributed by atoms with van der Waals surface area (Å²) in [5, 5.41) is 9.44. The highest BCUT2D eigenvalue weighted by Gasteiger charge is 2.45. The van der Waals surface area contributed by atoms with Crippen molar-refractivity contribution in [3.05, 3.63) is 98.4 Å². The van der Waals surface area contributed by atoms with Gasteiger partial charge in [-0.1, -0.05) is 54.7 Å². The van der Waals surface area contributed by atoms with Crippen molar-refractivity contribution in [2.24, 2.45) is 0 Å². The van der Waals surface area contributed by atoms with Crippen LogP contribution in [0.2, 0.25) is 0 Å². The molecule has 4 aromatic rings. The molecule has 2 aromatic heterocycles. The number of fused-ring (bicyclic) bond motifs is 3. The molecule has 1 fully saturated rings. The van der Waals surface area contributed by atoms with Crippen LogP contribution in [0, 0.1) is 11.6 Å². The summed E-state index contributed by atoms with van der Waals surface area (Å²) < 4.78 is 41.9. The molecule has 4 heterocycles. The SMILES string of the molecule is CCC(c1nnc(-c2cn3c(c(OCc4ccccc4)c2=O)C(=O)N(CC)[C@H]2COCC23)s1)c1ccc(F)cc1F. The smallest absolute Gasteiger partial charge is 0.274 e. The molecule has 2 aromatic carbocycles. The molecule has 6 rings (SSSR count). The zero-order chi connectivity index (χ0) is 28.7. The average Bonchev–Trinajstić information content (AvgIpc) is 3.65. The molecule has 2 aliphatic heterocycles. The van der Waals surface area contributed by atoms with Gasteiger partial charge in [-0.3, -0.25) is 9.59 Å². The third kappa shape index (κ3) is 4.82. The molecular formula is C30H28F2N4O4S. The highest BCUT2D eigenvalue weighted by Crippen LogP contribution is 2.38. The van der Waals surface area contributed by atoms with Gasteiger partial charge < -0.3 is 18.9 Å². The quantitative estimate of drug-likeness (QED) is 0.286. The molecular weight excluding hydrogens is 550 g/mol. The van der Waals surface area contributed by atoms with Crippen LogP contribution in [0.5, 0.6) is 5.75 Å². The van der Waals surface area contributed by atoms with E-state index in [1.807, 2.05) is 44.2 Å². The van der Waals surface area contributed by atoms with E-state index in [0.717, 1.165) is 11.6 Å². The molecule has 11 heteroatoms. The van der Waals surface area contributed by atoms with Crippen molar-refractivity contribution in [1.82, 2.24) is 19.7 Å². The van der Waals surface area contributed by atoms with Crippen LogP contribution in [0.1, 0.15) is 58.9 Å². The minimum atomic E-state index is -0.662. The second-order valence-electron chi connectivity index (χ2n) is 10.1. The first-order valence-electron chi connectivity index (χ1n) is 13.5. The van der Waals surface area contributed by atoms with Gasteiger partial charge in [-0.2, -0.15) is 0 Å². The van der Waals surface area contributed by atoms with Crippen LogP contribution in [-0.2, 0) is 11.3 Å². The lowest BCUT2D eigenvalue weighted by atomic mass is 9.97. The van der Waals surface area contributed by atoms with Crippen molar-refractivity contribution >= 4 is 17.2 Å². The van der Waals surface area contributed by atoms with E-state index >= 15 is 0 Å². The first-order chi connectivity index (χ1) is 19.9. The number of ether oxygens (including phenoxy) is 2. The lowest BCUT2D eigenvalue weighted by molar-refractivity contribution is 0.0568. The minimum absolute atomic E-state index is 0.0477. The predicted molar refractivity (Wildman–Crippen MR) is 149 cm³/mol. The standard InChI is InChI=1S/C30H28F2N4O4S/c1-3-19(20-11-10-18(31)12-22(20)32)28-33-34-29(41-28)21-13-36-24-16-39-15-23(24)35(4-2)30(38)25(36)27(26(21)37)40-14-17-8-6-5-7-9-17/h5-13,19,23-24H,3-4,14-16H2,1-2H3/t19?,23-,24?/m0/s1. The van der Waals surface area contributed by atoms with E-state index in [0.29, 0.717) is 41.8 Å². The Morgan fingerprint density at radius 3 is 2.59 bits per heavy atom. The normalized spacial score (nSPS) is 18.7. The van der Waals surface area contributed by atoms with E-state index < -0.39 is 23.0 Å². The largest absolute Gasteiger partial charge is 0.483 e. The first-order valence-corrected chi connectivity index (χ1v) is 14.4. The van der Waals surface area contributed by atoms with Crippen LogP contribution in [0.3, 0.4) is 0 Å². The van der Waals surface area contributed by atoms with Gasteiger partial charge in [0, 0.05) is 24.7 Å². The fourth-order valence-corrected chi connectivity index (χ4v) is 6.70. The molecule has 8 nitrogen and oxygen atoms in total. The number of carbonyl (C=O) groups is 1. The molecule has 1 amide bonds. The zero-order valence-electron chi connectivity index (χ0n) is 22.5. The van der Waals surface area contributed by atoms with Gasteiger partial charge in [-0.25, -0.2) is 8.78 Å². The number of aromatic nitrogens is 3. The van der Waals surface area contributed by atoms with Gasteiger partial charge in [-0.15, -0.1) is 10.2 Å². The maximum Gasteiger partial charge on any atom is 0.274 e. The number of benzene rings is 2. The minimum Gasteiger partial charge on any atom is -0.483 e. The molecule has 3 atom stereocenters. The third-order valence-electron chi connectivity index (χ3n) is 7.72. The van der Waals surface area contributed by atoms with Crippen LogP contribution in [0.25, 0.3) is 10.6 Å². The number of nitrogens with zero attached hydrogens (tertiary/aromatic N) is 4. The monoisotopic (exact) mass is 578 g/mol. The van der Waals surface area contributed by atoms with Crippen molar-refractivity contribution in [3.63, 3.8) is 0 Å². The molecule has 2 aliphatic rings. The van der Waals surface area contributed by atoms with Crippen LogP contribution in [0.4, 0.5) is 8.78 Å². The van der Waals surface area contributed by atoms with E-state index in [1.165, 1.54) is 23.5 Å². The fourth-order valence-electron chi connectivity index (χ4n) is 5.65. The van der Waals surface area contributed by atoms with E-state index in [-0.39, 0.29) is 41.6 Å². The van der Waals surface area contributed by atoms with Gasteiger partial charge >= 0.3 is 0 Å². The number of hydrogen-bond donors (Lipinski definition) is 0. The van der Waals surface area contributed by atoms with Gasteiger partial charge in [0.1, 0.15) is 23.2 Å². The number of carbonyl (C=O) groups excluding carboxylic acids is 1. The molecule has 0 spiro atoms. The maximum absolute atomic E-state index is 14.7. The van der Waals surface area contributed by atoms with Gasteiger partial charge in [0.2, 0.25) is 5.43 Å². The van der Waals surface area contributed by atoms with E-state index in [2.05, 4.69) is 10.2 Å². The first kappa shape index (κ1) is 27.2. The molecule has 0 N–H and O–H groups in total. The fraction of sp³-hybridized carbons (Fsp3) is 0.333. The molecule has 1 saturated heterocycles. The molecule has 41 heavy (non-hydrogen) atoms. The molecule has 0 aliphatic carbocycles. The highest BCUT2D eigenvalue weighted by molar-refractivity contribution is 7.14. The zero-order valence-corrected chi connectivity index (χ0v) is 23.4. The molecule has 212 valence electrons. The Labute approximate surface area is 239 Å². The van der Waals surface area contributed by atoms with Crippen molar-refractivity contribution in [2.45, 2.75) is 44.9 Å². The number of halogens is 2. The Kier molecular flexibility index (Phi) is 7.39. The lowest BCUT2D eigenvalue weighted by Crippen LogP contribution is -2.51. The lowest BCUT2D eigenvalue weighted by Gasteiger charge is -2.39. The summed E-state index contributed by atoms with van der Waals surface area (Å²) in [5.74, 6) is -2.13. The van der Waals surface area contributed by atoms with Gasteiger partial charge in [0.05, 0.1) is 30.9 Å². The summed E-state index contributed by atoms with van der Waals surface area (Å²) >= 11 is 1.17. The number of amides is 1. The highest BCUT2D eigenvalue weighted by atomic mass is 32.1. The molecule has 0 bridgehead atoms. The summed E-state index contributed by atoms with van der Waals surface area (Å²) in [4.78, 5) is 29.4. The second-order valence-corrected chi connectivity index (χ2v) is 11.1. The second kappa shape index (κ2) is 11.1. The van der Waals surface area contributed by atoms with Crippen LogP contribution < -0.4 is 10.2 Å². The summed E-state index contributed by atoms with van der Waals surface area (Å²) in [6.07, 6.45) is 2.14. The summed E-state index contributed by atoms with van der Waals surface area (Å²) in [6.45, 7) is 5.12. The maximum atomic E-state index is 14.7. The number of rotatable bonds is 8. The van der Waals surface area contributed by atoms with Crippen molar-refractivity contribution in [1.29, 1.82) is 0 Å². The van der Waals surface area contributed by atoms with Crippen LogP contribution in [-0.4, -0.2) is 51.4 Å². The topological polar surface area (TPSA) is 86.5 Å². The molecule has 2 unspecified atom stereocenters. The third-order valence-corrected chi connectivity index (χ3v) is 8.79. The van der Waals surface area contributed by atoms with Gasteiger partial charge in [0.15, 0.2) is 16.5 Å². The van der Waals surface area contributed by atoms with Gasteiger partial charge in [0.25, 0.3) is 5.91 Å².